The molecule has 0 radical (unpaired) electrons. The molecule has 0 heterocycles. The summed E-state index contributed by atoms with van der Waals surface area (Å²) in [6.45, 7) is -2.58. The van der Waals surface area contributed by atoms with Crippen LogP contribution >= 0.6 is 0 Å². The number of nitrogens with one attached hydrogen (secondary N) is 1. The van der Waals surface area contributed by atoms with Crippen LogP contribution in [-0.2, 0) is 6.54 Å². The maximum absolute atomic E-state index is 12.1. The van der Waals surface area contributed by atoms with Crippen LogP contribution in [0, 0.1) is 10.1 Å². The van der Waals surface area contributed by atoms with Crippen molar-refractivity contribution in [1.29, 1.82) is 0 Å². The molecule has 0 atom stereocenters. The van der Waals surface area contributed by atoms with Crippen LogP contribution in [0.15, 0.2) is 18.2 Å². The molecule has 1 aliphatic rings. The number of hydrogen-bond donors (Lipinski definition) is 1. The Labute approximate surface area is 102 Å². The molecule has 0 aliphatic heterocycles. The van der Waals surface area contributed by atoms with Gasteiger partial charge in [-0.2, -0.15) is 8.78 Å². The SMILES string of the molecule is O=[N+]([O-])c1cc(CNC2CC2)ccc1OC(F)F. The van der Waals surface area contributed by atoms with Crippen LogP contribution in [0.5, 0.6) is 5.75 Å². The first-order valence-electron chi connectivity index (χ1n) is 5.52. The van der Waals surface area contributed by atoms with E-state index >= 15 is 0 Å². The van der Waals surface area contributed by atoms with Crippen LogP contribution in [0.3, 0.4) is 0 Å². The highest BCUT2D eigenvalue weighted by atomic mass is 19.3. The highest BCUT2D eigenvalue weighted by Gasteiger charge is 2.22. The zero-order valence-corrected chi connectivity index (χ0v) is 9.44. The molecule has 0 aromatic heterocycles. The molecule has 1 aromatic carbocycles. The van der Waals surface area contributed by atoms with E-state index in [4.69, 9.17) is 0 Å². The van der Waals surface area contributed by atoms with Crippen molar-refractivity contribution in [3.05, 3.63) is 33.9 Å². The molecule has 1 saturated carbocycles. The number of halogens is 2. The van der Waals surface area contributed by atoms with E-state index in [-0.39, 0.29) is 0 Å². The van der Waals surface area contributed by atoms with Gasteiger partial charge >= 0.3 is 12.3 Å². The summed E-state index contributed by atoms with van der Waals surface area (Å²) in [6.07, 6.45) is 2.21. The number of alkyl halides is 2. The van der Waals surface area contributed by atoms with Crippen molar-refractivity contribution < 1.29 is 18.4 Å². The van der Waals surface area contributed by atoms with E-state index in [9.17, 15) is 18.9 Å². The summed E-state index contributed by atoms with van der Waals surface area (Å²) < 4.78 is 28.2. The zero-order chi connectivity index (χ0) is 13.1. The number of benzene rings is 1. The predicted molar refractivity (Wildman–Crippen MR) is 59.6 cm³/mol. The molecule has 0 spiro atoms. The fourth-order valence-electron chi connectivity index (χ4n) is 1.56. The molecule has 18 heavy (non-hydrogen) atoms. The average molecular weight is 258 g/mol. The molecule has 98 valence electrons. The van der Waals surface area contributed by atoms with Gasteiger partial charge in [-0.3, -0.25) is 10.1 Å². The number of hydrogen-bond acceptors (Lipinski definition) is 4. The monoisotopic (exact) mass is 258 g/mol. The fraction of sp³-hybridized carbons (Fsp3) is 0.455. The number of nitrogens with zero attached hydrogens (tertiary/aromatic N) is 1. The van der Waals surface area contributed by atoms with Gasteiger partial charge in [0, 0.05) is 18.7 Å². The van der Waals surface area contributed by atoms with Crippen LogP contribution in [0.1, 0.15) is 18.4 Å². The van der Waals surface area contributed by atoms with Crippen LogP contribution in [0.4, 0.5) is 14.5 Å². The van der Waals surface area contributed by atoms with Gasteiger partial charge in [0.2, 0.25) is 5.75 Å². The first kappa shape index (κ1) is 12.7. The molecule has 5 nitrogen and oxygen atoms in total. The minimum Gasteiger partial charge on any atom is -0.427 e. The van der Waals surface area contributed by atoms with Crippen LogP contribution in [0.25, 0.3) is 0 Å². The molecule has 1 aromatic rings. The van der Waals surface area contributed by atoms with Crippen LogP contribution < -0.4 is 10.1 Å². The first-order chi connectivity index (χ1) is 8.56. The molecule has 0 bridgehead atoms. The normalized spacial score (nSPS) is 14.8. The lowest BCUT2D eigenvalue weighted by Gasteiger charge is -2.07. The third-order valence-electron chi connectivity index (χ3n) is 2.61. The maximum atomic E-state index is 12.1. The van der Waals surface area contributed by atoms with Crippen molar-refractivity contribution in [2.75, 3.05) is 0 Å². The zero-order valence-electron chi connectivity index (χ0n) is 9.44. The minimum atomic E-state index is -3.07. The molecule has 2 rings (SSSR count). The lowest BCUT2D eigenvalue weighted by molar-refractivity contribution is -0.386. The standard InChI is InChI=1S/C11H12F2N2O3/c12-11(13)18-10-4-1-7(5-9(10)15(16)17)6-14-8-2-3-8/h1,4-5,8,11,14H,2-3,6H2. The van der Waals surface area contributed by atoms with Gasteiger partial charge in [-0.25, -0.2) is 0 Å². The number of rotatable bonds is 6. The molecular formula is C11H12F2N2O3. The average Bonchev–Trinajstić information content (AvgIpc) is 3.10. The number of ether oxygens (including phenoxy) is 1. The Bertz CT molecular complexity index is 450. The van der Waals surface area contributed by atoms with Gasteiger partial charge in [0.25, 0.3) is 0 Å². The molecule has 0 saturated heterocycles. The lowest BCUT2D eigenvalue weighted by atomic mass is 10.2. The third kappa shape index (κ3) is 3.36. The summed E-state index contributed by atoms with van der Waals surface area (Å²) in [4.78, 5) is 10.0. The number of nitro groups is 1. The van der Waals surface area contributed by atoms with Crippen molar-refractivity contribution in [2.45, 2.75) is 32.0 Å². The fourth-order valence-corrected chi connectivity index (χ4v) is 1.56. The van der Waals surface area contributed by atoms with Crippen LogP contribution in [-0.4, -0.2) is 17.6 Å². The van der Waals surface area contributed by atoms with E-state index in [0.717, 1.165) is 12.8 Å². The lowest BCUT2D eigenvalue weighted by Crippen LogP contribution is -2.15. The van der Waals surface area contributed by atoms with Crippen molar-refractivity contribution in [2.24, 2.45) is 0 Å². The minimum absolute atomic E-state index is 0.412. The Balaban J connectivity index is 2.13. The second kappa shape index (κ2) is 5.26. The second-order valence-corrected chi connectivity index (χ2v) is 4.09. The van der Waals surface area contributed by atoms with Crippen molar-refractivity contribution >= 4 is 5.69 Å². The molecule has 0 amide bonds. The van der Waals surface area contributed by atoms with Crippen molar-refractivity contribution in [1.82, 2.24) is 5.32 Å². The third-order valence-corrected chi connectivity index (χ3v) is 2.61. The Morgan fingerprint density at radius 2 is 2.22 bits per heavy atom. The molecule has 1 N–H and O–H groups in total. The van der Waals surface area contributed by atoms with Crippen LogP contribution in [0.2, 0.25) is 0 Å². The Morgan fingerprint density at radius 1 is 1.50 bits per heavy atom. The van der Waals surface area contributed by atoms with Gasteiger partial charge in [-0.15, -0.1) is 0 Å². The van der Waals surface area contributed by atoms with E-state index in [1.54, 1.807) is 6.07 Å². The quantitative estimate of drug-likeness (QED) is 0.628. The topological polar surface area (TPSA) is 64.4 Å². The molecule has 0 unspecified atom stereocenters. The summed E-state index contributed by atoms with van der Waals surface area (Å²) in [5.41, 5.74) is 0.237. The molecule has 1 aliphatic carbocycles. The number of nitro benzene ring substituents is 1. The van der Waals surface area contributed by atoms with E-state index in [0.29, 0.717) is 18.2 Å². The molecule has 1 fully saturated rings. The Kier molecular flexibility index (Phi) is 3.71. The summed E-state index contributed by atoms with van der Waals surface area (Å²) in [5.74, 6) is -0.412. The first-order valence-corrected chi connectivity index (χ1v) is 5.52. The Morgan fingerprint density at radius 3 is 2.78 bits per heavy atom. The molecular weight excluding hydrogens is 246 g/mol. The summed E-state index contributed by atoms with van der Waals surface area (Å²) in [6, 6.07) is 4.47. The summed E-state index contributed by atoms with van der Waals surface area (Å²) in [7, 11) is 0. The summed E-state index contributed by atoms with van der Waals surface area (Å²) >= 11 is 0. The predicted octanol–water partition coefficient (Wildman–Crippen LogP) is 2.45. The van der Waals surface area contributed by atoms with Crippen molar-refractivity contribution in [3.63, 3.8) is 0 Å². The summed E-state index contributed by atoms with van der Waals surface area (Å²) in [5, 5.41) is 14.0. The Hall–Kier alpha value is -1.76. The van der Waals surface area contributed by atoms with E-state index in [1.165, 1.54) is 12.1 Å². The van der Waals surface area contributed by atoms with E-state index in [2.05, 4.69) is 10.1 Å². The van der Waals surface area contributed by atoms with Gasteiger partial charge in [-0.1, -0.05) is 6.07 Å². The maximum Gasteiger partial charge on any atom is 0.387 e. The van der Waals surface area contributed by atoms with E-state index < -0.39 is 23.0 Å². The second-order valence-electron chi connectivity index (χ2n) is 4.09. The van der Waals surface area contributed by atoms with Gasteiger partial charge in [0.1, 0.15) is 0 Å². The van der Waals surface area contributed by atoms with Crippen molar-refractivity contribution in [3.8, 4) is 5.75 Å². The van der Waals surface area contributed by atoms with Gasteiger partial charge in [-0.05, 0) is 24.5 Å². The van der Waals surface area contributed by atoms with Gasteiger partial charge < -0.3 is 10.1 Å². The smallest absolute Gasteiger partial charge is 0.387 e. The van der Waals surface area contributed by atoms with Gasteiger partial charge in [0.15, 0.2) is 0 Å². The highest BCUT2D eigenvalue weighted by Crippen LogP contribution is 2.29. The molecule has 7 heteroatoms. The largest absolute Gasteiger partial charge is 0.427 e. The van der Waals surface area contributed by atoms with E-state index in [1.807, 2.05) is 0 Å². The van der Waals surface area contributed by atoms with Gasteiger partial charge in [0.05, 0.1) is 4.92 Å². The highest BCUT2D eigenvalue weighted by molar-refractivity contribution is 5.48.